The van der Waals surface area contributed by atoms with Crippen molar-refractivity contribution >= 4 is 23.7 Å². The third kappa shape index (κ3) is 3.49. The smallest absolute Gasteiger partial charge is 0.151 e. The van der Waals surface area contributed by atoms with Crippen molar-refractivity contribution in [1.82, 2.24) is 4.98 Å². The zero-order valence-electron chi connectivity index (χ0n) is 11.6. The van der Waals surface area contributed by atoms with Gasteiger partial charge in [-0.25, -0.2) is 9.37 Å². The van der Waals surface area contributed by atoms with E-state index in [1.807, 2.05) is 6.92 Å². The Hall–Kier alpha value is -2.14. The standard InChI is InChI=1S/C15H14ClFN2O2/c1-9(12-6-11(17)3-4-14(12)21-2)19-15-13(16)5-10(8-20)7-18-15/h3-9H,1-2H3,(H,18,19)/t9-/m0/s1. The van der Waals surface area contributed by atoms with Crippen molar-refractivity contribution in [2.45, 2.75) is 13.0 Å². The fourth-order valence-corrected chi connectivity index (χ4v) is 2.18. The molecule has 0 amide bonds. The SMILES string of the molecule is COc1ccc(F)cc1[C@H](C)Nc1ncc(C=O)cc1Cl. The minimum absolute atomic E-state index is 0.275. The largest absolute Gasteiger partial charge is 0.496 e. The highest BCUT2D eigenvalue weighted by atomic mass is 35.5. The maximum atomic E-state index is 13.4. The van der Waals surface area contributed by atoms with Gasteiger partial charge in [0.05, 0.1) is 18.2 Å². The number of nitrogens with zero attached hydrogens (tertiary/aromatic N) is 1. The van der Waals surface area contributed by atoms with Crippen molar-refractivity contribution < 1.29 is 13.9 Å². The molecular formula is C15H14ClFN2O2. The van der Waals surface area contributed by atoms with E-state index in [0.29, 0.717) is 34.0 Å². The minimum Gasteiger partial charge on any atom is -0.496 e. The van der Waals surface area contributed by atoms with Crippen LogP contribution in [-0.2, 0) is 0 Å². The van der Waals surface area contributed by atoms with Crippen LogP contribution in [0.1, 0.15) is 28.9 Å². The predicted octanol–water partition coefficient (Wildman–Crippen LogP) is 3.87. The van der Waals surface area contributed by atoms with Crippen molar-refractivity contribution in [3.05, 3.63) is 52.4 Å². The third-order valence-corrected chi connectivity index (χ3v) is 3.30. The van der Waals surface area contributed by atoms with Gasteiger partial charge in [-0.2, -0.15) is 0 Å². The molecule has 0 fully saturated rings. The van der Waals surface area contributed by atoms with Gasteiger partial charge in [0, 0.05) is 17.3 Å². The number of halogens is 2. The van der Waals surface area contributed by atoms with E-state index in [2.05, 4.69) is 10.3 Å². The van der Waals surface area contributed by atoms with Crippen LogP contribution in [-0.4, -0.2) is 18.4 Å². The molecule has 0 bridgehead atoms. The lowest BCUT2D eigenvalue weighted by Gasteiger charge is -2.18. The second-order valence-corrected chi connectivity index (χ2v) is 4.88. The zero-order valence-corrected chi connectivity index (χ0v) is 12.3. The van der Waals surface area contributed by atoms with Crippen molar-refractivity contribution in [3.63, 3.8) is 0 Å². The number of benzene rings is 1. The summed E-state index contributed by atoms with van der Waals surface area (Å²) in [5, 5.41) is 3.40. The zero-order chi connectivity index (χ0) is 15.4. The monoisotopic (exact) mass is 308 g/mol. The number of pyridine rings is 1. The number of carbonyl (C=O) groups excluding carboxylic acids is 1. The summed E-state index contributed by atoms with van der Waals surface area (Å²) >= 11 is 6.06. The van der Waals surface area contributed by atoms with E-state index >= 15 is 0 Å². The maximum absolute atomic E-state index is 13.4. The topological polar surface area (TPSA) is 51.2 Å². The Kier molecular flexibility index (Phi) is 4.75. The fourth-order valence-electron chi connectivity index (χ4n) is 1.95. The fraction of sp³-hybridized carbons (Fsp3) is 0.200. The molecule has 0 aliphatic rings. The van der Waals surface area contributed by atoms with Gasteiger partial charge in [-0.1, -0.05) is 11.6 Å². The average molecular weight is 309 g/mol. The Morgan fingerprint density at radius 2 is 2.19 bits per heavy atom. The lowest BCUT2D eigenvalue weighted by atomic mass is 10.1. The van der Waals surface area contributed by atoms with Crippen LogP contribution in [0.25, 0.3) is 0 Å². The second kappa shape index (κ2) is 6.54. The van der Waals surface area contributed by atoms with Crippen LogP contribution >= 0.6 is 11.6 Å². The summed E-state index contributed by atoms with van der Waals surface area (Å²) in [7, 11) is 1.52. The van der Waals surface area contributed by atoms with Gasteiger partial charge in [-0.05, 0) is 31.2 Å². The molecule has 1 atom stereocenters. The van der Waals surface area contributed by atoms with Crippen LogP contribution in [0, 0.1) is 5.82 Å². The van der Waals surface area contributed by atoms with Crippen molar-refractivity contribution in [2.75, 3.05) is 12.4 Å². The Balaban J connectivity index is 2.27. The van der Waals surface area contributed by atoms with Crippen LogP contribution in [0.3, 0.4) is 0 Å². The number of anilines is 1. The van der Waals surface area contributed by atoms with Crippen LogP contribution < -0.4 is 10.1 Å². The van der Waals surface area contributed by atoms with Gasteiger partial charge in [0.1, 0.15) is 17.4 Å². The summed E-state index contributed by atoms with van der Waals surface area (Å²) in [5.74, 6) is 0.632. The Morgan fingerprint density at radius 3 is 2.81 bits per heavy atom. The van der Waals surface area contributed by atoms with Gasteiger partial charge < -0.3 is 10.1 Å². The number of hydrogen-bond acceptors (Lipinski definition) is 4. The van der Waals surface area contributed by atoms with Gasteiger partial charge in [0.15, 0.2) is 6.29 Å². The molecule has 0 spiro atoms. The lowest BCUT2D eigenvalue weighted by molar-refractivity contribution is 0.112. The second-order valence-electron chi connectivity index (χ2n) is 4.47. The molecule has 2 rings (SSSR count). The summed E-state index contributed by atoms with van der Waals surface area (Å²) in [5.41, 5.74) is 1.04. The highest BCUT2D eigenvalue weighted by Crippen LogP contribution is 2.30. The molecule has 2 aromatic rings. The van der Waals surface area contributed by atoms with E-state index in [-0.39, 0.29) is 11.9 Å². The van der Waals surface area contributed by atoms with Gasteiger partial charge in [-0.3, -0.25) is 4.79 Å². The van der Waals surface area contributed by atoms with Crippen molar-refractivity contribution in [3.8, 4) is 5.75 Å². The third-order valence-electron chi connectivity index (χ3n) is 3.01. The molecule has 0 unspecified atom stereocenters. The highest BCUT2D eigenvalue weighted by molar-refractivity contribution is 6.33. The van der Waals surface area contributed by atoms with E-state index in [4.69, 9.17) is 16.3 Å². The number of ether oxygens (including phenoxy) is 1. The molecular weight excluding hydrogens is 295 g/mol. The molecule has 4 nitrogen and oxygen atoms in total. The van der Waals surface area contributed by atoms with Gasteiger partial charge in [0.25, 0.3) is 0 Å². The molecule has 1 aromatic heterocycles. The summed E-state index contributed by atoms with van der Waals surface area (Å²) in [6.07, 6.45) is 2.08. The predicted molar refractivity (Wildman–Crippen MR) is 79.6 cm³/mol. The van der Waals surface area contributed by atoms with Gasteiger partial charge >= 0.3 is 0 Å². The summed E-state index contributed by atoms with van der Waals surface area (Å²) in [6, 6.07) is 5.53. The number of nitrogens with one attached hydrogen (secondary N) is 1. The first-order chi connectivity index (χ1) is 10.0. The molecule has 6 heteroatoms. The van der Waals surface area contributed by atoms with Crippen LogP contribution in [0.4, 0.5) is 10.2 Å². The average Bonchev–Trinajstić information content (AvgIpc) is 2.49. The first kappa shape index (κ1) is 15.3. The van der Waals surface area contributed by atoms with Crippen LogP contribution in [0.5, 0.6) is 5.75 Å². The molecule has 110 valence electrons. The number of hydrogen-bond donors (Lipinski definition) is 1. The lowest BCUT2D eigenvalue weighted by Crippen LogP contribution is -2.10. The number of carbonyl (C=O) groups is 1. The Morgan fingerprint density at radius 1 is 1.43 bits per heavy atom. The number of aromatic nitrogens is 1. The molecule has 1 aromatic carbocycles. The first-order valence-corrected chi connectivity index (χ1v) is 6.63. The van der Waals surface area contributed by atoms with Crippen molar-refractivity contribution in [2.24, 2.45) is 0 Å². The molecule has 0 aliphatic carbocycles. The van der Waals surface area contributed by atoms with Crippen LogP contribution in [0.2, 0.25) is 5.02 Å². The highest BCUT2D eigenvalue weighted by Gasteiger charge is 2.14. The van der Waals surface area contributed by atoms with E-state index in [0.717, 1.165) is 0 Å². The molecule has 0 saturated heterocycles. The minimum atomic E-state index is -0.352. The first-order valence-electron chi connectivity index (χ1n) is 6.26. The molecule has 0 aliphatic heterocycles. The summed E-state index contributed by atoms with van der Waals surface area (Å²) < 4.78 is 18.6. The Labute approximate surface area is 126 Å². The molecule has 1 N–H and O–H groups in total. The molecule has 0 saturated carbocycles. The number of rotatable bonds is 5. The molecule has 21 heavy (non-hydrogen) atoms. The van der Waals surface area contributed by atoms with E-state index in [9.17, 15) is 9.18 Å². The van der Waals surface area contributed by atoms with E-state index in [1.165, 1.54) is 31.5 Å². The normalized spacial score (nSPS) is 11.8. The molecule has 1 heterocycles. The van der Waals surface area contributed by atoms with E-state index < -0.39 is 0 Å². The quantitative estimate of drug-likeness (QED) is 0.852. The van der Waals surface area contributed by atoms with Crippen molar-refractivity contribution in [1.29, 1.82) is 0 Å². The number of aldehydes is 1. The van der Waals surface area contributed by atoms with E-state index in [1.54, 1.807) is 6.07 Å². The maximum Gasteiger partial charge on any atom is 0.151 e. The Bertz CT molecular complexity index is 664. The summed E-state index contributed by atoms with van der Waals surface area (Å²) in [6.45, 7) is 1.84. The van der Waals surface area contributed by atoms with Crippen LogP contribution in [0.15, 0.2) is 30.5 Å². The molecule has 0 radical (unpaired) electrons. The van der Waals surface area contributed by atoms with Gasteiger partial charge in [-0.15, -0.1) is 0 Å². The number of methoxy groups -OCH3 is 1. The summed E-state index contributed by atoms with van der Waals surface area (Å²) in [4.78, 5) is 14.7. The van der Waals surface area contributed by atoms with Gasteiger partial charge in [0.2, 0.25) is 0 Å².